The van der Waals surface area contributed by atoms with E-state index in [4.69, 9.17) is 15.2 Å². The van der Waals surface area contributed by atoms with E-state index in [0.29, 0.717) is 12.3 Å². The summed E-state index contributed by atoms with van der Waals surface area (Å²) in [6.07, 6.45) is 10.6. The number of thiophene rings is 1. The van der Waals surface area contributed by atoms with Gasteiger partial charge in [0.15, 0.2) is 5.72 Å². The predicted octanol–water partition coefficient (Wildman–Crippen LogP) is 3.36. The van der Waals surface area contributed by atoms with Crippen molar-refractivity contribution in [2.24, 2.45) is 5.73 Å². The van der Waals surface area contributed by atoms with E-state index in [9.17, 15) is 4.79 Å². The Bertz CT molecular complexity index is 918. The number of hydrogen-bond donors (Lipinski definition) is 1. The fourth-order valence-electron chi connectivity index (χ4n) is 5.46. The highest BCUT2D eigenvalue weighted by Gasteiger charge is 2.42. The average molecular weight is 431 g/mol. The summed E-state index contributed by atoms with van der Waals surface area (Å²) in [6.45, 7) is 3.31. The molecule has 30 heavy (non-hydrogen) atoms. The van der Waals surface area contributed by atoms with Crippen LogP contribution in [0, 0.1) is 0 Å². The molecule has 2 aromatic rings. The molecule has 0 bridgehead atoms. The van der Waals surface area contributed by atoms with Crippen LogP contribution in [-0.2, 0) is 16.0 Å². The zero-order valence-corrected chi connectivity index (χ0v) is 18.2. The SMILES string of the molecule is NC(=O)CC[C@H]1CCc2sc3ncnc(OC4(N5CCOCC5)CCCCC4)c3c21. The van der Waals surface area contributed by atoms with Crippen LogP contribution in [0.4, 0.5) is 0 Å². The average Bonchev–Trinajstić information content (AvgIpc) is 3.33. The zero-order chi connectivity index (χ0) is 20.6. The molecule has 2 N–H and O–H groups in total. The highest BCUT2D eigenvalue weighted by atomic mass is 32.1. The van der Waals surface area contributed by atoms with Crippen LogP contribution in [0.1, 0.15) is 67.7 Å². The number of primary amides is 1. The van der Waals surface area contributed by atoms with Gasteiger partial charge in [-0.2, -0.15) is 0 Å². The van der Waals surface area contributed by atoms with Gasteiger partial charge in [-0.15, -0.1) is 11.3 Å². The third-order valence-corrected chi connectivity index (χ3v) is 8.12. The van der Waals surface area contributed by atoms with Crippen molar-refractivity contribution < 1.29 is 14.3 Å². The topological polar surface area (TPSA) is 90.6 Å². The normalized spacial score (nSPS) is 24.1. The van der Waals surface area contributed by atoms with Gasteiger partial charge in [0.05, 0.1) is 18.6 Å². The van der Waals surface area contributed by atoms with Crippen molar-refractivity contribution in [3.8, 4) is 5.88 Å². The summed E-state index contributed by atoms with van der Waals surface area (Å²) in [7, 11) is 0. The number of rotatable bonds is 6. The quantitative estimate of drug-likeness (QED) is 0.756. The van der Waals surface area contributed by atoms with Crippen molar-refractivity contribution in [1.82, 2.24) is 14.9 Å². The minimum atomic E-state index is -0.306. The summed E-state index contributed by atoms with van der Waals surface area (Å²) in [5, 5.41) is 1.07. The minimum absolute atomic E-state index is 0.232. The van der Waals surface area contributed by atoms with E-state index in [1.807, 2.05) is 0 Å². The first-order valence-electron chi connectivity index (χ1n) is 11.2. The fraction of sp³-hybridized carbons (Fsp3) is 0.682. The molecule has 3 aliphatic rings. The van der Waals surface area contributed by atoms with Crippen molar-refractivity contribution in [1.29, 1.82) is 0 Å². The number of nitrogens with two attached hydrogens (primary N) is 1. The van der Waals surface area contributed by atoms with Gasteiger partial charge in [0, 0.05) is 37.2 Å². The first-order valence-corrected chi connectivity index (χ1v) is 12.0. The molecule has 1 amide bonds. The van der Waals surface area contributed by atoms with Crippen LogP contribution >= 0.6 is 11.3 Å². The lowest BCUT2D eigenvalue weighted by Crippen LogP contribution is -2.58. The van der Waals surface area contributed by atoms with Gasteiger partial charge in [0.25, 0.3) is 0 Å². The van der Waals surface area contributed by atoms with Crippen LogP contribution in [0.2, 0.25) is 0 Å². The van der Waals surface area contributed by atoms with E-state index >= 15 is 0 Å². The number of nitrogens with zero attached hydrogens (tertiary/aromatic N) is 3. The maximum absolute atomic E-state index is 11.4. The number of amides is 1. The number of carbonyl (C=O) groups excluding carboxylic acids is 1. The molecule has 0 aromatic carbocycles. The number of hydrogen-bond acceptors (Lipinski definition) is 7. The predicted molar refractivity (Wildman–Crippen MR) is 116 cm³/mol. The maximum atomic E-state index is 11.4. The Balaban J connectivity index is 1.51. The first kappa shape index (κ1) is 20.2. The maximum Gasteiger partial charge on any atom is 0.227 e. The number of aryl methyl sites for hydroxylation is 1. The van der Waals surface area contributed by atoms with E-state index < -0.39 is 0 Å². The Morgan fingerprint density at radius 3 is 2.83 bits per heavy atom. The molecule has 162 valence electrons. The molecule has 1 atom stereocenters. The molecule has 0 spiro atoms. The zero-order valence-electron chi connectivity index (χ0n) is 17.4. The Hall–Kier alpha value is -1.77. The van der Waals surface area contributed by atoms with Crippen molar-refractivity contribution in [3.05, 3.63) is 16.8 Å². The van der Waals surface area contributed by atoms with Gasteiger partial charge in [0.2, 0.25) is 11.8 Å². The van der Waals surface area contributed by atoms with Gasteiger partial charge in [-0.25, -0.2) is 9.97 Å². The van der Waals surface area contributed by atoms with Gasteiger partial charge in [-0.3, -0.25) is 9.69 Å². The number of fused-ring (bicyclic) bond motifs is 3. The molecule has 0 unspecified atom stereocenters. The van der Waals surface area contributed by atoms with Crippen LogP contribution < -0.4 is 10.5 Å². The second kappa shape index (κ2) is 8.40. The molecular formula is C22H30N4O3S. The lowest BCUT2D eigenvalue weighted by molar-refractivity contribution is -0.142. The van der Waals surface area contributed by atoms with Gasteiger partial charge in [-0.1, -0.05) is 6.42 Å². The fourth-order valence-corrected chi connectivity index (χ4v) is 6.69. The molecule has 2 aromatic heterocycles. The first-order chi connectivity index (χ1) is 14.7. The van der Waals surface area contributed by atoms with E-state index in [1.165, 1.54) is 29.7 Å². The second-order valence-electron chi connectivity index (χ2n) is 8.75. The highest BCUT2D eigenvalue weighted by molar-refractivity contribution is 7.19. The van der Waals surface area contributed by atoms with Crippen LogP contribution in [0.15, 0.2) is 6.33 Å². The highest BCUT2D eigenvalue weighted by Crippen LogP contribution is 2.48. The summed E-state index contributed by atoms with van der Waals surface area (Å²) >= 11 is 1.75. The second-order valence-corrected chi connectivity index (χ2v) is 9.83. The standard InChI is InChI=1S/C22H30N4O3S/c23-17(27)7-5-15-4-6-16-18(15)19-20(24-14-25-21(19)30-16)29-22(8-2-1-3-9-22)26-10-12-28-13-11-26/h14-15H,1-13H2,(H2,23,27)/t15-/m1/s1. The summed E-state index contributed by atoms with van der Waals surface area (Å²) in [5.74, 6) is 0.821. The van der Waals surface area contributed by atoms with Crippen molar-refractivity contribution >= 4 is 27.5 Å². The van der Waals surface area contributed by atoms with Gasteiger partial charge in [0.1, 0.15) is 11.2 Å². The van der Waals surface area contributed by atoms with Gasteiger partial charge >= 0.3 is 0 Å². The van der Waals surface area contributed by atoms with Crippen molar-refractivity contribution in [3.63, 3.8) is 0 Å². The Kier molecular flexibility index (Phi) is 5.64. The van der Waals surface area contributed by atoms with E-state index in [-0.39, 0.29) is 11.6 Å². The number of ether oxygens (including phenoxy) is 2. The van der Waals surface area contributed by atoms with E-state index in [1.54, 1.807) is 17.7 Å². The molecule has 3 heterocycles. The van der Waals surface area contributed by atoms with Crippen LogP contribution in [0.5, 0.6) is 5.88 Å². The van der Waals surface area contributed by atoms with Crippen LogP contribution in [0.3, 0.4) is 0 Å². The van der Waals surface area contributed by atoms with Crippen LogP contribution in [0.25, 0.3) is 10.2 Å². The summed E-state index contributed by atoms with van der Waals surface area (Å²) in [5.41, 5.74) is 6.43. The monoisotopic (exact) mass is 430 g/mol. The van der Waals surface area contributed by atoms with Gasteiger partial charge in [-0.05, 0) is 43.6 Å². The molecule has 5 rings (SSSR count). The lowest BCUT2D eigenvalue weighted by atomic mass is 9.89. The third-order valence-electron chi connectivity index (χ3n) is 6.94. The number of carbonyl (C=O) groups is 1. The smallest absolute Gasteiger partial charge is 0.227 e. The molecule has 1 aliphatic heterocycles. The van der Waals surface area contributed by atoms with Crippen molar-refractivity contribution in [2.45, 2.75) is 69.4 Å². The molecule has 1 saturated carbocycles. The molecule has 2 fully saturated rings. The molecule has 0 radical (unpaired) electrons. The van der Waals surface area contributed by atoms with Crippen LogP contribution in [-0.4, -0.2) is 52.8 Å². The molecule has 1 saturated heterocycles. The summed E-state index contributed by atoms with van der Waals surface area (Å²) in [4.78, 5) is 25.4. The Labute approximate surface area is 181 Å². The number of aromatic nitrogens is 2. The molecule has 8 heteroatoms. The number of morpholine rings is 1. The summed E-state index contributed by atoms with van der Waals surface area (Å²) in [6, 6.07) is 0. The lowest BCUT2D eigenvalue weighted by Gasteiger charge is -2.47. The van der Waals surface area contributed by atoms with E-state index in [0.717, 1.165) is 74.5 Å². The van der Waals surface area contributed by atoms with E-state index in [2.05, 4.69) is 14.9 Å². The molecular weight excluding hydrogens is 400 g/mol. The Morgan fingerprint density at radius 2 is 2.07 bits per heavy atom. The van der Waals surface area contributed by atoms with Crippen molar-refractivity contribution in [2.75, 3.05) is 26.3 Å². The molecule has 7 nitrogen and oxygen atoms in total. The minimum Gasteiger partial charge on any atom is -0.455 e. The third kappa shape index (κ3) is 3.69. The Morgan fingerprint density at radius 1 is 1.27 bits per heavy atom. The largest absolute Gasteiger partial charge is 0.455 e. The molecule has 2 aliphatic carbocycles. The van der Waals surface area contributed by atoms with Gasteiger partial charge < -0.3 is 15.2 Å². The summed E-state index contributed by atoms with van der Waals surface area (Å²) < 4.78 is 12.5.